The van der Waals surface area contributed by atoms with Gasteiger partial charge < -0.3 is 14.5 Å². The molecular weight excluding hydrogens is 324 g/mol. The lowest BCUT2D eigenvalue weighted by atomic mass is 9.76. The SMILES string of the molecule is Cc1nc(CN2CCC3(CC2)CC(C(=O)O)N(C(=O)C2CC2)C3)no1. The van der Waals surface area contributed by atoms with Crippen molar-refractivity contribution in [2.24, 2.45) is 11.3 Å². The Morgan fingerprint density at radius 1 is 1.32 bits per heavy atom. The maximum Gasteiger partial charge on any atom is 0.326 e. The summed E-state index contributed by atoms with van der Waals surface area (Å²) < 4.78 is 5.01. The van der Waals surface area contributed by atoms with Gasteiger partial charge in [-0.1, -0.05) is 5.16 Å². The Hall–Kier alpha value is -1.96. The standard InChI is InChI=1S/C17H24N4O4/c1-11-18-14(19-25-11)9-20-6-4-17(5-7-20)8-13(16(23)24)21(10-17)15(22)12-2-3-12/h12-13H,2-10H2,1H3,(H,23,24). The van der Waals surface area contributed by atoms with Gasteiger partial charge >= 0.3 is 5.97 Å². The van der Waals surface area contributed by atoms with E-state index < -0.39 is 12.0 Å². The first-order valence-corrected chi connectivity index (χ1v) is 9.01. The second-order valence-corrected chi connectivity index (χ2v) is 7.80. The first-order chi connectivity index (χ1) is 12.0. The van der Waals surface area contributed by atoms with Crippen LogP contribution in [0.2, 0.25) is 0 Å². The summed E-state index contributed by atoms with van der Waals surface area (Å²) in [7, 11) is 0. The van der Waals surface area contributed by atoms with Gasteiger partial charge in [-0.15, -0.1) is 0 Å². The molecule has 2 saturated heterocycles. The average Bonchev–Trinajstić information content (AvgIpc) is 3.25. The number of rotatable bonds is 4. The molecule has 3 heterocycles. The van der Waals surface area contributed by atoms with E-state index in [1.165, 1.54) is 0 Å². The number of carbonyl (C=O) groups is 2. The summed E-state index contributed by atoms with van der Waals surface area (Å²) in [4.78, 5) is 32.3. The summed E-state index contributed by atoms with van der Waals surface area (Å²) in [5, 5.41) is 13.5. The van der Waals surface area contributed by atoms with E-state index >= 15 is 0 Å². The molecule has 25 heavy (non-hydrogen) atoms. The Bertz CT molecular complexity index is 676. The number of carbonyl (C=O) groups excluding carboxylic acids is 1. The fourth-order valence-electron chi connectivity index (χ4n) is 4.23. The van der Waals surface area contributed by atoms with Crippen LogP contribution in [0.25, 0.3) is 0 Å². The highest BCUT2D eigenvalue weighted by atomic mass is 16.5. The molecule has 3 fully saturated rings. The second kappa shape index (κ2) is 6.09. The maximum atomic E-state index is 12.5. The summed E-state index contributed by atoms with van der Waals surface area (Å²) in [6.45, 7) is 4.75. The molecule has 1 N–H and O–H groups in total. The van der Waals surface area contributed by atoms with Crippen molar-refractivity contribution in [2.45, 2.75) is 51.6 Å². The number of likely N-dealkylation sites (tertiary alicyclic amines) is 2. The van der Waals surface area contributed by atoms with Gasteiger partial charge in [-0.2, -0.15) is 4.98 Å². The van der Waals surface area contributed by atoms with E-state index in [-0.39, 0.29) is 17.2 Å². The van der Waals surface area contributed by atoms with E-state index in [1.54, 1.807) is 11.8 Å². The van der Waals surface area contributed by atoms with Gasteiger partial charge in [-0.3, -0.25) is 9.69 Å². The molecular formula is C17H24N4O4. The lowest BCUT2D eigenvalue weighted by molar-refractivity contribution is -0.148. The number of piperidine rings is 1. The molecule has 1 saturated carbocycles. The highest BCUT2D eigenvalue weighted by Crippen LogP contribution is 2.45. The zero-order valence-corrected chi connectivity index (χ0v) is 14.5. The van der Waals surface area contributed by atoms with Gasteiger partial charge in [0.2, 0.25) is 11.8 Å². The Morgan fingerprint density at radius 3 is 2.60 bits per heavy atom. The fourth-order valence-corrected chi connectivity index (χ4v) is 4.23. The molecule has 1 aromatic rings. The second-order valence-electron chi connectivity index (χ2n) is 7.80. The normalized spacial score (nSPS) is 26.3. The lowest BCUT2D eigenvalue weighted by Gasteiger charge is -2.38. The van der Waals surface area contributed by atoms with Crippen LogP contribution in [0.3, 0.4) is 0 Å². The van der Waals surface area contributed by atoms with Gasteiger partial charge in [0, 0.05) is 19.4 Å². The predicted molar refractivity (Wildman–Crippen MR) is 86.5 cm³/mol. The van der Waals surface area contributed by atoms with Gasteiger partial charge in [-0.05, 0) is 50.6 Å². The van der Waals surface area contributed by atoms with Crippen LogP contribution in [0, 0.1) is 18.3 Å². The van der Waals surface area contributed by atoms with Crippen LogP contribution in [0.4, 0.5) is 0 Å². The van der Waals surface area contributed by atoms with Crippen molar-refractivity contribution >= 4 is 11.9 Å². The number of aliphatic carboxylic acids is 1. The van der Waals surface area contributed by atoms with Crippen molar-refractivity contribution in [3.63, 3.8) is 0 Å². The van der Waals surface area contributed by atoms with Gasteiger partial charge in [0.05, 0.1) is 6.54 Å². The van der Waals surface area contributed by atoms with E-state index in [2.05, 4.69) is 15.0 Å². The number of hydrogen-bond donors (Lipinski definition) is 1. The van der Waals surface area contributed by atoms with Gasteiger partial charge in [0.15, 0.2) is 5.82 Å². The molecule has 1 aromatic heterocycles. The number of hydrogen-bond acceptors (Lipinski definition) is 6. The zero-order valence-electron chi connectivity index (χ0n) is 14.5. The topological polar surface area (TPSA) is 99.8 Å². The third-order valence-electron chi connectivity index (χ3n) is 5.85. The Balaban J connectivity index is 1.39. The lowest BCUT2D eigenvalue weighted by Crippen LogP contribution is -2.43. The van der Waals surface area contributed by atoms with E-state index in [9.17, 15) is 14.7 Å². The van der Waals surface area contributed by atoms with Crippen LogP contribution in [-0.2, 0) is 16.1 Å². The summed E-state index contributed by atoms with van der Waals surface area (Å²) in [5.41, 5.74) is -0.0583. The monoisotopic (exact) mass is 348 g/mol. The van der Waals surface area contributed by atoms with Crippen molar-refractivity contribution < 1.29 is 19.2 Å². The van der Waals surface area contributed by atoms with Gasteiger partial charge in [0.1, 0.15) is 6.04 Å². The van der Waals surface area contributed by atoms with Crippen molar-refractivity contribution in [3.8, 4) is 0 Å². The fraction of sp³-hybridized carbons (Fsp3) is 0.765. The molecule has 1 spiro atoms. The van der Waals surface area contributed by atoms with Gasteiger partial charge in [-0.25, -0.2) is 4.79 Å². The van der Waals surface area contributed by atoms with Crippen LogP contribution in [0.5, 0.6) is 0 Å². The molecule has 4 rings (SSSR count). The highest BCUT2D eigenvalue weighted by Gasteiger charge is 2.51. The van der Waals surface area contributed by atoms with Crippen LogP contribution in [0.15, 0.2) is 4.52 Å². The smallest absolute Gasteiger partial charge is 0.326 e. The third-order valence-corrected chi connectivity index (χ3v) is 5.85. The molecule has 1 unspecified atom stereocenters. The first-order valence-electron chi connectivity index (χ1n) is 9.01. The Labute approximate surface area is 146 Å². The number of amides is 1. The van der Waals surface area contributed by atoms with Crippen LogP contribution >= 0.6 is 0 Å². The van der Waals surface area contributed by atoms with E-state index in [0.717, 1.165) is 38.8 Å². The van der Waals surface area contributed by atoms with Crippen LogP contribution < -0.4 is 0 Å². The third kappa shape index (κ3) is 3.27. The molecule has 1 aliphatic carbocycles. The number of carboxylic acids is 1. The molecule has 0 aromatic carbocycles. The first kappa shape index (κ1) is 16.5. The van der Waals surface area contributed by atoms with Gasteiger partial charge in [0.25, 0.3) is 0 Å². The van der Waals surface area contributed by atoms with Crippen molar-refractivity contribution in [3.05, 3.63) is 11.7 Å². The van der Waals surface area contributed by atoms with E-state index in [1.807, 2.05) is 0 Å². The molecule has 8 heteroatoms. The number of nitrogens with zero attached hydrogens (tertiary/aromatic N) is 4. The van der Waals surface area contributed by atoms with E-state index in [4.69, 9.17) is 4.52 Å². The molecule has 8 nitrogen and oxygen atoms in total. The number of aryl methyl sites for hydroxylation is 1. The minimum absolute atomic E-state index is 0.0500. The maximum absolute atomic E-state index is 12.5. The largest absolute Gasteiger partial charge is 0.480 e. The summed E-state index contributed by atoms with van der Waals surface area (Å²) in [6, 6.07) is -0.653. The zero-order chi connectivity index (χ0) is 17.6. The quantitative estimate of drug-likeness (QED) is 0.868. The Kier molecular flexibility index (Phi) is 4.02. The minimum atomic E-state index is -0.865. The van der Waals surface area contributed by atoms with Crippen molar-refractivity contribution in [1.29, 1.82) is 0 Å². The Morgan fingerprint density at radius 2 is 2.04 bits per heavy atom. The molecule has 2 aliphatic heterocycles. The summed E-state index contributed by atoms with van der Waals surface area (Å²) >= 11 is 0. The molecule has 0 bridgehead atoms. The van der Waals surface area contributed by atoms with Crippen molar-refractivity contribution in [2.75, 3.05) is 19.6 Å². The molecule has 1 atom stereocenters. The number of aromatic nitrogens is 2. The number of carboxylic acid groups (broad SMARTS) is 1. The summed E-state index contributed by atoms with van der Waals surface area (Å²) in [5.74, 6) is 0.509. The molecule has 0 radical (unpaired) electrons. The van der Waals surface area contributed by atoms with Crippen LogP contribution in [-0.4, -0.2) is 62.6 Å². The van der Waals surface area contributed by atoms with E-state index in [0.29, 0.717) is 31.2 Å². The van der Waals surface area contributed by atoms with Crippen LogP contribution in [0.1, 0.15) is 43.8 Å². The minimum Gasteiger partial charge on any atom is -0.480 e. The average molecular weight is 348 g/mol. The van der Waals surface area contributed by atoms with Crippen molar-refractivity contribution in [1.82, 2.24) is 19.9 Å². The highest BCUT2D eigenvalue weighted by molar-refractivity contribution is 5.87. The molecule has 1 amide bonds. The molecule has 3 aliphatic rings. The summed E-state index contributed by atoms with van der Waals surface area (Å²) in [6.07, 6.45) is 4.21. The predicted octanol–water partition coefficient (Wildman–Crippen LogP) is 1.06. The molecule has 136 valence electrons.